The Morgan fingerprint density at radius 3 is 1.80 bits per heavy atom. The van der Waals surface area contributed by atoms with Crippen LogP contribution in [0.25, 0.3) is 0 Å². The fourth-order valence-electron chi connectivity index (χ4n) is 1.81. The van der Waals surface area contributed by atoms with Gasteiger partial charge in [0, 0.05) is 19.6 Å². The first kappa shape index (κ1) is 23.2. The quantitative estimate of drug-likeness (QED) is 0.202. The topological polar surface area (TPSA) is 140 Å². The molecule has 0 aliphatic heterocycles. The number of hydrogen-bond donors (Lipinski definition) is 2. The average Bonchev–Trinajstić information content (AvgIpc) is 2.55. The minimum Gasteiger partial charge on any atom is -0.466 e. The van der Waals surface area contributed by atoms with Crippen LogP contribution in [0, 0.1) is 0 Å². The van der Waals surface area contributed by atoms with Gasteiger partial charge in [0.1, 0.15) is 25.4 Å². The molecule has 0 saturated heterocycles. The standard InChI is InChI=1S/C13H25N3O8S/c1-16(2)5-3-15-25(20,21)6-4-14-13(7-22-10-17,8-23-11-18)9-24-12-19/h10-12,14-15H,3-9H2,1-2H3. The number of likely N-dealkylation sites (N-methyl/N-ethyl adjacent to an activating group) is 1. The van der Waals surface area contributed by atoms with Gasteiger partial charge in [0.2, 0.25) is 10.0 Å². The molecule has 0 bridgehead atoms. The van der Waals surface area contributed by atoms with Gasteiger partial charge >= 0.3 is 0 Å². The van der Waals surface area contributed by atoms with E-state index in [1.165, 1.54) is 0 Å². The highest BCUT2D eigenvalue weighted by Gasteiger charge is 2.33. The molecule has 0 heterocycles. The molecule has 25 heavy (non-hydrogen) atoms. The number of sulfonamides is 1. The Morgan fingerprint density at radius 1 is 0.920 bits per heavy atom. The molecule has 2 N–H and O–H groups in total. The van der Waals surface area contributed by atoms with Crippen molar-refractivity contribution in [2.75, 3.05) is 59.3 Å². The van der Waals surface area contributed by atoms with Crippen LogP contribution < -0.4 is 10.0 Å². The van der Waals surface area contributed by atoms with Crippen molar-refractivity contribution in [3.05, 3.63) is 0 Å². The maximum atomic E-state index is 11.9. The average molecular weight is 383 g/mol. The Labute approximate surface area is 147 Å². The van der Waals surface area contributed by atoms with Gasteiger partial charge in [0.05, 0.1) is 5.75 Å². The summed E-state index contributed by atoms with van der Waals surface area (Å²) in [4.78, 5) is 33.1. The molecule has 0 saturated carbocycles. The molecule has 0 aliphatic rings. The van der Waals surface area contributed by atoms with Gasteiger partial charge < -0.3 is 24.4 Å². The molecule has 0 aromatic rings. The zero-order valence-electron chi connectivity index (χ0n) is 14.3. The lowest BCUT2D eigenvalue weighted by Crippen LogP contribution is -2.57. The van der Waals surface area contributed by atoms with Crippen molar-refractivity contribution in [3.8, 4) is 0 Å². The van der Waals surface area contributed by atoms with Crippen LogP contribution in [0.5, 0.6) is 0 Å². The van der Waals surface area contributed by atoms with E-state index in [0.29, 0.717) is 6.54 Å². The lowest BCUT2D eigenvalue weighted by atomic mass is 10.0. The van der Waals surface area contributed by atoms with E-state index >= 15 is 0 Å². The molecule has 0 unspecified atom stereocenters. The highest BCUT2D eigenvalue weighted by molar-refractivity contribution is 7.89. The van der Waals surface area contributed by atoms with Crippen molar-refractivity contribution < 1.29 is 37.0 Å². The van der Waals surface area contributed by atoms with Crippen molar-refractivity contribution in [1.82, 2.24) is 14.9 Å². The summed E-state index contributed by atoms with van der Waals surface area (Å²) in [6, 6.07) is 0. The number of nitrogens with zero attached hydrogens (tertiary/aromatic N) is 1. The fraction of sp³-hybridized carbons (Fsp3) is 0.769. The van der Waals surface area contributed by atoms with Gasteiger partial charge in [-0.15, -0.1) is 0 Å². The third kappa shape index (κ3) is 11.4. The summed E-state index contributed by atoms with van der Waals surface area (Å²) >= 11 is 0. The van der Waals surface area contributed by atoms with E-state index in [4.69, 9.17) is 0 Å². The second kappa shape index (κ2) is 12.6. The SMILES string of the molecule is CN(C)CCNS(=O)(=O)CCNC(COC=O)(COC=O)COC=O. The second-order valence-corrected chi connectivity index (χ2v) is 7.37. The van der Waals surface area contributed by atoms with Crippen LogP contribution >= 0.6 is 0 Å². The van der Waals surface area contributed by atoms with Crippen LogP contribution in [0.2, 0.25) is 0 Å². The van der Waals surface area contributed by atoms with Gasteiger partial charge in [-0.3, -0.25) is 14.4 Å². The summed E-state index contributed by atoms with van der Waals surface area (Å²) in [5.41, 5.74) is -1.25. The van der Waals surface area contributed by atoms with Gasteiger partial charge in [0.15, 0.2) is 0 Å². The molecule has 0 aromatic carbocycles. The summed E-state index contributed by atoms with van der Waals surface area (Å²) in [6.07, 6.45) is 0. The van der Waals surface area contributed by atoms with Crippen molar-refractivity contribution >= 4 is 29.4 Å². The predicted molar refractivity (Wildman–Crippen MR) is 87.1 cm³/mol. The van der Waals surface area contributed by atoms with E-state index in [0.717, 1.165) is 0 Å². The van der Waals surface area contributed by atoms with Gasteiger partial charge in [-0.05, 0) is 14.1 Å². The zero-order chi connectivity index (χ0) is 19.2. The van der Waals surface area contributed by atoms with Crippen LogP contribution in [0.1, 0.15) is 0 Å². The second-order valence-electron chi connectivity index (χ2n) is 5.45. The summed E-state index contributed by atoms with van der Waals surface area (Å²) in [5, 5.41) is 2.81. The number of carbonyl (C=O) groups is 3. The molecule has 0 atom stereocenters. The Balaban J connectivity index is 4.72. The van der Waals surface area contributed by atoms with Crippen LogP contribution in [-0.2, 0) is 38.6 Å². The van der Waals surface area contributed by atoms with E-state index < -0.39 is 15.6 Å². The maximum Gasteiger partial charge on any atom is 0.293 e. The monoisotopic (exact) mass is 383 g/mol. The van der Waals surface area contributed by atoms with Crippen molar-refractivity contribution in [2.45, 2.75) is 5.54 Å². The van der Waals surface area contributed by atoms with E-state index in [-0.39, 0.29) is 58.1 Å². The molecule has 0 fully saturated rings. The predicted octanol–water partition coefficient (Wildman–Crippen LogP) is -2.69. The lowest BCUT2D eigenvalue weighted by Gasteiger charge is -2.31. The van der Waals surface area contributed by atoms with Gasteiger partial charge in [0.25, 0.3) is 19.4 Å². The summed E-state index contributed by atoms with van der Waals surface area (Å²) in [5.74, 6) is -0.272. The highest BCUT2D eigenvalue weighted by Crippen LogP contribution is 2.07. The summed E-state index contributed by atoms with van der Waals surface area (Å²) in [6.45, 7) is 0.434. The Bertz CT molecular complexity index is 466. The fourth-order valence-corrected chi connectivity index (χ4v) is 2.72. The lowest BCUT2D eigenvalue weighted by molar-refractivity contribution is -0.140. The van der Waals surface area contributed by atoms with E-state index in [1.54, 1.807) is 0 Å². The summed E-state index contributed by atoms with van der Waals surface area (Å²) in [7, 11) is 0.102. The molecule has 0 spiro atoms. The first-order chi connectivity index (χ1) is 11.8. The maximum absolute atomic E-state index is 11.9. The van der Waals surface area contributed by atoms with Gasteiger partial charge in [-0.2, -0.15) is 0 Å². The molecule has 146 valence electrons. The minimum absolute atomic E-state index is 0.0516. The van der Waals surface area contributed by atoms with Gasteiger partial charge in [-0.25, -0.2) is 13.1 Å². The molecular weight excluding hydrogens is 358 g/mol. The molecular formula is C13H25N3O8S. The molecule has 0 rings (SSSR count). The number of ether oxygens (including phenoxy) is 3. The van der Waals surface area contributed by atoms with E-state index in [1.807, 2.05) is 19.0 Å². The van der Waals surface area contributed by atoms with E-state index in [9.17, 15) is 22.8 Å². The van der Waals surface area contributed by atoms with E-state index in [2.05, 4.69) is 24.2 Å². The zero-order valence-corrected chi connectivity index (χ0v) is 15.1. The van der Waals surface area contributed by atoms with Crippen molar-refractivity contribution in [2.24, 2.45) is 0 Å². The Hall–Kier alpha value is -1.76. The third-order valence-corrected chi connectivity index (χ3v) is 4.42. The smallest absolute Gasteiger partial charge is 0.293 e. The minimum atomic E-state index is -3.53. The molecule has 0 aromatic heterocycles. The summed E-state index contributed by atoms with van der Waals surface area (Å²) < 4.78 is 40.2. The van der Waals surface area contributed by atoms with Crippen LogP contribution in [0.3, 0.4) is 0 Å². The molecule has 11 nitrogen and oxygen atoms in total. The van der Waals surface area contributed by atoms with Crippen LogP contribution in [0.15, 0.2) is 0 Å². The molecule has 0 radical (unpaired) electrons. The third-order valence-electron chi connectivity index (χ3n) is 3.03. The Morgan fingerprint density at radius 2 is 1.40 bits per heavy atom. The largest absolute Gasteiger partial charge is 0.466 e. The highest BCUT2D eigenvalue weighted by atomic mass is 32.2. The molecule has 12 heteroatoms. The van der Waals surface area contributed by atoms with Crippen molar-refractivity contribution in [1.29, 1.82) is 0 Å². The number of nitrogens with one attached hydrogen (secondary N) is 2. The van der Waals surface area contributed by atoms with Crippen molar-refractivity contribution in [3.63, 3.8) is 0 Å². The van der Waals surface area contributed by atoms with Crippen LogP contribution in [-0.4, -0.2) is 97.6 Å². The first-order valence-electron chi connectivity index (χ1n) is 7.33. The van der Waals surface area contributed by atoms with Crippen LogP contribution in [0.4, 0.5) is 0 Å². The molecule has 0 aliphatic carbocycles. The van der Waals surface area contributed by atoms with Gasteiger partial charge in [-0.1, -0.05) is 0 Å². The normalized spacial score (nSPS) is 11.8. The number of rotatable bonds is 17. The number of carbonyl (C=O) groups excluding carboxylic acids is 3. The first-order valence-corrected chi connectivity index (χ1v) is 8.99. The number of hydrogen-bond acceptors (Lipinski definition) is 10. The molecule has 0 amide bonds. The Kier molecular flexibility index (Phi) is 11.7.